The lowest BCUT2D eigenvalue weighted by atomic mass is 9.97. The van der Waals surface area contributed by atoms with Crippen molar-refractivity contribution in [3.05, 3.63) is 35.4 Å². The largest absolute Gasteiger partial charge is 0.469 e. The van der Waals surface area contributed by atoms with E-state index >= 15 is 0 Å². The lowest BCUT2D eigenvalue weighted by Gasteiger charge is -2.34. The van der Waals surface area contributed by atoms with E-state index in [1.807, 2.05) is 4.90 Å². The highest BCUT2D eigenvalue weighted by molar-refractivity contribution is 5.79. The average Bonchev–Trinajstić information content (AvgIpc) is 3.44. The molecule has 1 aromatic carbocycles. The number of esters is 1. The number of fused-ring (bicyclic) bond motifs is 1. The molecular formula is C21H28N2O3. The Hall–Kier alpha value is -1.88. The van der Waals surface area contributed by atoms with Gasteiger partial charge in [0, 0.05) is 25.2 Å². The summed E-state index contributed by atoms with van der Waals surface area (Å²) >= 11 is 0. The maximum Gasteiger partial charge on any atom is 0.308 e. The minimum Gasteiger partial charge on any atom is -0.469 e. The van der Waals surface area contributed by atoms with Crippen molar-refractivity contribution < 1.29 is 14.3 Å². The average molecular weight is 356 g/mol. The second-order valence-corrected chi connectivity index (χ2v) is 7.84. The minimum absolute atomic E-state index is 0.0507. The third-order valence-electron chi connectivity index (χ3n) is 6.22. The first kappa shape index (κ1) is 17.5. The van der Waals surface area contributed by atoms with Gasteiger partial charge >= 0.3 is 5.97 Å². The van der Waals surface area contributed by atoms with E-state index in [2.05, 4.69) is 29.2 Å². The molecule has 1 atom stereocenters. The molecule has 140 valence electrons. The lowest BCUT2D eigenvalue weighted by Crippen LogP contribution is -2.46. The zero-order valence-electron chi connectivity index (χ0n) is 15.5. The number of hydrogen-bond donors (Lipinski definition) is 0. The highest BCUT2D eigenvalue weighted by atomic mass is 16.5. The van der Waals surface area contributed by atoms with Crippen molar-refractivity contribution in [3.63, 3.8) is 0 Å². The summed E-state index contributed by atoms with van der Waals surface area (Å²) in [5.74, 6) is 0.0224. The molecule has 1 aliphatic heterocycles. The smallest absolute Gasteiger partial charge is 0.308 e. The van der Waals surface area contributed by atoms with Crippen LogP contribution in [0.2, 0.25) is 0 Å². The van der Waals surface area contributed by atoms with Crippen LogP contribution in [0.5, 0.6) is 0 Å². The molecule has 26 heavy (non-hydrogen) atoms. The molecule has 0 aromatic heterocycles. The Bertz CT molecular complexity index is 678. The Balaban J connectivity index is 1.39. The molecule has 2 fully saturated rings. The summed E-state index contributed by atoms with van der Waals surface area (Å²) in [5, 5.41) is 0. The van der Waals surface area contributed by atoms with Gasteiger partial charge in [0.25, 0.3) is 0 Å². The fraction of sp³-hybridized carbons (Fsp3) is 0.619. The van der Waals surface area contributed by atoms with Gasteiger partial charge in [0.2, 0.25) is 5.91 Å². The molecule has 3 aliphatic rings. The number of methoxy groups -OCH3 is 1. The van der Waals surface area contributed by atoms with Gasteiger partial charge < -0.3 is 9.64 Å². The summed E-state index contributed by atoms with van der Waals surface area (Å²) in [7, 11) is 1.44. The number of piperidine rings is 1. The second-order valence-electron chi connectivity index (χ2n) is 7.84. The van der Waals surface area contributed by atoms with Gasteiger partial charge in [0.05, 0.1) is 19.6 Å². The maximum atomic E-state index is 12.9. The monoisotopic (exact) mass is 356 g/mol. The van der Waals surface area contributed by atoms with Gasteiger partial charge in [-0.2, -0.15) is 0 Å². The van der Waals surface area contributed by atoms with Crippen molar-refractivity contribution in [1.29, 1.82) is 0 Å². The number of amides is 1. The van der Waals surface area contributed by atoms with Crippen molar-refractivity contribution in [2.75, 3.05) is 26.7 Å². The first-order valence-electron chi connectivity index (χ1n) is 9.86. The molecule has 1 aromatic rings. The predicted octanol–water partition coefficient (Wildman–Crippen LogP) is 2.55. The fourth-order valence-corrected chi connectivity index (χ4v) is 4.57. The van der Waals surface area contributed by atoms with Crippen LogP contribution in [0.15, 0.2) is 24.3 Å². The molecule has 5 heteroatoms. The summed E-state index contributed by atoms with van der Waals surface area (Å²) < 4.78 is 4.84. The Morgan fingerprint density at radius 3 is 2.54 bits per heavy atom. The van der Waals surface area contributed by atoms with E-state index in [0.29, 0.717) is 44.6 Å². The van der Waals surface area contributed by atoms with Crippen LogP contribution >= 0.6 is 0 Å². The quantitative estimate of drug-likeness (QED) is 0.761. The van der Waals surface area contributed by atoms with Crippen LogP contribution in [0.3, 0.4) is 0 Å². The third-order valence-corrected chi connectivity index (χ3v) is 6.22. The molecule has 0 bridgehead atoms. The van der Waals surface area contributed by atoms with Gasteiger partial charge in [-0.1, -0.05) is 24.3 Å². The first-order chi connectivity index (χ1) is 12.7. The SMILES string of the molecule is COC(=O)C1CCN(C(=O)CN(C2CC2)C2CCc3ccccc32)CC1. The number of likely N-dealkylation sites (tertiary alicyclic amines) is 1. The van der Waals surface area contributed by atoms with Crippen LogP contribution in [0.1, 0.15) is 49.3 Å². The van der Waals surface area contributed by atoms with E-state index in [1.165, 1.54) is 31.1 Å². The number of nitrogens with zero attached hydrogens (tertiary/aromatic N) is 2. The van der Waals surface area contributed by atoms with Crippen LogP contribution in [-0.4, -0.2) is 54.5 Å². The minimum atomic E-state index is -0.140. The van der Waals surface area contributed by atoms with E-state index in [4.69, 9.17) is 4.74 Å². The van der Waals surface area contributed by atoms with Crippen molar-refractivity contribution in [3.8, 4) is 0 Å². The molecule has 0 spiro atoms. The molecule has 5 nitrogen and oxygen atoms in total. The van der Waals surface area contributed by atoms with Crippen LogP contribution < -0.4 is 0 Å². The maximum absolute atomic E-state index is 12.9. The van der Waals surface area contributed by atoms with Crippen LogP contribution in [0, 0.1) is 5.92 Å². The molecule has 1 saturated carbocycles. The van der Waals surface area contributed by atoms with Crippen molar-refractivity contribution >= 4 is 11.9 Å². The normalized spacial score (nSPS) is 23.2. The van der Waals surface area contributed by atoms with E-state index in [9.17, 15) is 9.59 Å². The van der Waals surface area contributed by atoms with Crippen molar-refractivity contribution in [2.24, 2.45) is 5.92 Å². The topological polar surface area (TPSA) is 49.9 Å². The molecule has 0 N–H and O–H groups in total. The molecule has 1 heterocycles. The number of rotatable bonds is 5. The zero-order chi connectivity index (χ0) is 18.1. The van der Waals surface area contributed by atoms with E-state index < -0.39 is 0 Å². The molecule has 1 saturated heterocycles. The number of aryl methyl sites for hydroxylation is 1. The first-order valence-corrected chi connectivity index (χ1v) is 9.86. The molecule has 1 amide bonds. The van der Waals surface area contributed by atoms with Crippen LogP contribution in [0.25, 0.3) is 0 Å². The van der Waals surface area contributed by atoms with E-state index in [-0.39, 0.29) is 17.8 Å². The Morgan fingerprint density at radius 1 is 1.12 bits per heavy atom. The Morgan fingerprint density at radius 2 is 1.85 bits per heavy atom. The number of carbonyl (C=O) groups excluding carboxylic acids is 2. The summed E-state index contributed by atoms with van der Waals surface area (Å²) in [6, 6.07) is 9.62. The number of hydrogen-bond acceptors (Lipinski definition) is 4. The standard InChI is InChI=1S/C21H28N2O3/c1-26-21(25)16-10-12-22(13-11-16)20(24)14-23(17-7-8-17)19-9-6-15-4-2-3-5-18(15)19/h2-5,16-17,19H,6-14H2,1H3. The zero-order valence-corrected chi connectivity index (χ0v) is 15.5. The van der Waals surface area contributed by atoms with Crippen molar-refractivity contribution in [1.82, 2.24) is 9.80 Å². The summed E-state index contributed by atoms with van der Waals surface area (Å²) in [6.07, 6.45) is 6.07. The number of benzene rings is 1. The lowest BCUT2D eigenvalue weighted by molar-refractivity contribution is -0.149. The van der Waals surface area contributed by atoms with Gasteiger partial charge in [0.1, 0.15) is 0 Å². The summed E-state index contributed by atoms with van der Waals surface area (Å²) in [6.45, 7) is 1.84. The molecule has 1 unspecified atom stereocenters. The molecule has 2 aliphatic carbocycles. The summed E-state index contributed by atoms with van der Waals surface area (Å²) in [5.41, 5.74) is 2.85. The highest BCUT2D eigenvalue weighted by Gasteiger charge is 2.39. The third kappa shape index (κ3) is 3.50. The Kier molecular flexibility index (Phi) is 4.98. The van der Waals surface area contributed by atoms with Gasteiger partial charge in [-0.15, -0.1) is 0 Å². The highest BCUT2D eigenvalue weighted by Crippen LogP contribution is 2.41. The molecule has 0 radical (unpaired) electrons. The van der Waals surface area contributed by atoms with E-state index in [1.54, 1.807) is 0 Å². The molecular weight excluding hydrogens is 328 g/mol. The van der Waals surface area contributed by atoms with Crippen LogP contribution in [0.4, 0.5) is 0 Å². The van der Waals surface area contributed by atoms with Gasteiger partial charge in [-0.25, -0.2) is 0 Å². The predicted molar refractivity (Wildman–Crippen MR) is 98.6 cm³/mol. The molecule has 4 rings (SSSR count). The number of ether oxygens (including phenoxy) is 1. The van der Waals surface area contributed by atoms with Gasteiger partial charge in [-0.05, 0) is 49.7 Å². The van der Waals surface area contributed by atoms with Crippen molar-refractivity contribution in [2.45, 2.75) is 50.6 Å². The van der Waals surface area contributed by atoms with E-state index in [0.717, 1.165) is 12.8 Å². The Labute approximate surface area is 155 Å². The summed E-state index contributed by atoms with van der Waals surface area (Å²) in [4.78, 5) is 29.0. The number of carbonyl (C=O) groups is 2. The van der Waals surface area contributed by atoms with Gasteiger partial charge in [0.15, 0.2) is 0 Å². The van der Waals surface area contributed by atoms with Gasteiger partial charge in [-0.3, -0.25) is 14.5 Å². The fourth-order valence-electron chi connectivity index (χ4n) is 4.57. The van der Waals surface area contributed by atoms with Crippen LogP contribution in [-0.2, 0) is 20.7 Å². The second kappa shape index (κ2) is 7.39.